The van der Waals surface area contributed by atoms with Gasteiger partial charge in [0.15, 0.2) is 0 Å². The number of pyridine rings is 1. The fraction of sp³-hybridized carbons (Fsp3) is 0.421. The van der Waals surface area contributed by atoms with Crippen molar-refractivity contribution in [2.24, 2.45) is 0 Å². The predicted octanol–water partition coefficient (Wildman–Crippen LogP) is 2.73. The Morgan fingerprint density at radius 2 is 2.08 bits per heavy atom. The number of amides is 1. The second kappa shape index (κ2) is 6.88. The standard InChI is InChI=1S/C19H22N4O/c1-3-15-5-6-18-16(11-15)12-17(13-20)19(21-18)23-8-4-7-22(9-10-23)14(2)24/h5-6,11-12H,3-4,7-10H2,1-2H3. The third-order valence-electron chi connectivity index (χ3n) is 4.63. The van der Waals surface area contributed by atoms with E-state index in [-0.39, 0.29) is 5.91 Å². The molecular weight excluding hydrogens is 300 g/mol. The van der Waals surface area contributed by atoms with Crippen LogP contribution in [0.5, 0.6) is 0 Å². The van der Waals surface area contributed by atoms with Gasteiger partial charge in [0.2, 0.25) is 5.91 Å². The van der Waals surface area contributed by atoms with Gasteiger partial charge < -0.3 is 9.80 Å². The molecule has 1 aliphatic rings. The van der Waals surface area contributed by atoms with Crippen LogP contribution in [0.2, 0.25) is 0 Å². The molecule has 1 fully saturated rings. The molecule has 3 rings (SSSR count). The number of anilines is 1. The summed E-state index contributed by atoms with van der Waals surface area (Å²) in [6, 6.07) is 10.4. The summed E-state index contributed by atoms with van der Waals surface area (Å²) in [4.78, 5) is 20.3. The molecule has 0 N–H and O–H groups in total. The lowest BCUT2D eigenvalue weighted by Gasteiger charge is -2.23. The second-order valence-electron chi connectivity index (χ2n) is 6.20. The molecule has 1 aromatic heterocycles. The van der Waals surface area contributed by atoms with Crippen molar-refractivity contribution < 1.29 is 4.79 Å². The molecule has 0 spiro atoms. The highest BCUT2D eigenvalue weighted by Crippen LogP contribution is 2.25. The van der Waals surface area contributed by atoms with Crippen molar-refractivity contribution in [3.05, 3.63) is 35.4 Å². The van der Waals surface area contributed by atoms with Crippen molar-refractivity contribution in [2.45, 2.75) is 26.7 Å². The van der Waals surface area contributed by atoms with Gasteiger partial charge in [0.05, 0.1) is 11.1 Å². The van der Waals surface area contributed by atoms with E-state index in [0.29, 0.717) is 18.7 Å². The molecule has 5 nitrogen and oxygen atoms in total. The minimum absolute atomic E-state index is 0.107. The smallest absolute Gasteiger partial charge is 0.219 e. The van der Waals surface area contributed by atoms with Crippen LogP contribution >= 0.6 is 0 Å². The molecule has 0 atom stereocenters. The number of nitrogens with zero attached hydrogens (tertiary/aromatic N) is 4. The first-order chi connectivity index (χ1) is 11.6. The van der Waals surface area contributed by atoms with Gasteiger partial charge >= 0.3 is 0 Å². The SMILES string of the molecule is CCc1ccc2nc(N3CCCN(C(C)=O)CC3)c(C#N)cc2c1. The number of aryl methyl sites for hydroxylation is 1. The van der Waals surface area contributed by atoms with Crippen LogP contribution in [0.3, 0.4) is 0 Å². The van der Waals surface area contributed by atoms with E-state index in [0.717, 1.165) is 42.7 Å². The zero-order valence-electron chi connectivity index (χ0n) is 14.2. The zero-order chi connectivity index (χ0) is 17.1. The topological polar surface area (TPSA) is 60.2 Å². The summed E-state index contributed by atoms with van der Waals surface area (Å²) in [5.41, 5.74) is 2.76. The molecule has 1 amide bonds. The summed E-state index contributed by atoms with van der Waals surface area (Å²) in [6.07, 6.45) is 1.85. The lowest BCUT2D eigenvalue weighted by atomic mass is 10.1. The number of aromatic nitrogens is 1. The van der Waals surface area contributed by atoms with Gasteiger partial charge in [0.1, 0.15) is 11.9 Å². The molecule has 1 aliphatic heterocycles. The number of carbonyl (C=O) groups excluding carboxylic acids is 1. The molecule has 1 aromatic carbocycles. The minimum atomic E-state index is 0.107. The second-order valence-corrected chi connectivity index (χ2v) is 6.20. The Morgan fingerprint density at radius 1 is 1.25 bits per heavy atom. The third kappa shape index (κ3) is 3.18. The van der Waals surface area contributed by atoms with Gasteiger partial charge in [-0.2, -0.15) is 5.26 Å². The number of nitriles is 1. The first-order valence-corrected chi connectivity index (χ1v) is 8.46. The van der Waals surface area contributed by atoms with E-state index in [9.17, 15) is 10.1 Å². The number of benzene rings is 1. The zero-order valence-corrected chi connectivity index (χ0v) is 14.2. The van der Waals surface area contributed by atoms with Gasteiger partial charge in [0, 0.05) is 38.5 Å². The molecule has 1 saturated heterocycles. The average molecular weight is 322 g/mol. The van der Waals surface area contributed by atoms with Gasteiger partial charge in [-0.25, -0.2) is 4.98 Å². The molecular formula is C19H22N4O. The van der Waals surface area contributed by atoms with Crippen molar-refractivity contribution >= 4 is 22.6 Å². The Bertz CT molecular complexity index is 809. The number of carbonyl (C=O) groups is 1. The Hall–Kier alpha value is -2.61. The fourth-order valence-corrected chi connectivity index (χ4v) is 3.20. The molecule has 0 unspecified atom stereocenters. The van der Waals surface area contributed by atoms with Crippen molar-refractivity contribution in [1.29, 1.82) is 5.26 Å². The van der Waals surface area contributed by atoms with Crippen molar-refractivity contribution in [2.75, 3.05) is 31.1 Å². The van der Waals surface area contributed by atoms with E-state index < -0.39 is 0 Å². The Morgan fingerprint density at radius 3 is 2.79 bits per heavy atom. The Labute approximate surface area is 142 Å². The van der Waals surface area contributed by atoms with Gasteiger partial charge in [-0.15, -0.1) is 0 Å². The van der Waals surface area contributed by atoms with Crippen LogP contribution in [-0.2, 0) is 11.2 Å². The van der Waals surface area contributed by atoms with Crippen LogP contribution in [0.25, 0.3) is 10.9 Å². The molecule has 2 heterocycles. The molecule has 2 aromatic rings. The highest BCUT2D eigenvalue weighted by Gasteiger charge is 2.20. The van der Waals surface area contributed by atoms with Crippen LogP contribution in [0.4, 0.5) is 5.82 Å². The van der Waals surface area contributed by atoms with Gasteiger partial charge in [-0.05, 0) is 36.6 Å². The lowest BCUT2D eigenvalue weighted by Crippen LogP contribution is -2.34. The molecule has 0 aliphatic carbocycles. The molecule has 5 heteroatoms. The van der Waals surface area contributed by atoms with Crippen LogP contribution in [0, 0.1) is 11.3 Å². The van der Waals surface area contributed by atoms with E-state index in [1.165, 1.54) is 5.56 Å². The lowest BCUT2D eigenvalue weighted by molar-refractivity contribution is -0.128. The van der Waals surface area contributed by atoms with E-state index in [2.05, 4.69) is 30.0 Å². The first-order valence-electron chi connectivity index (χ1n) is 8.46. The van der Waals surface area contributed by atoms with Crippen molar-refractivity contribution in [1.82, 2.24) is 9.88 Å². The largest absolute Gasteiger partial charge is 0.354 e. The molecule has 124 valence electrons. The highest BCUT2D eigenvalue weighted by molar-refractivity contribution is 5.84. The third-order valence-corrected chi connectivity index (χ3v) is 4.63. The summed E-state index contributed by atoms with van der Waals surface area (Å²) in [6.45, 7) is 6.68. The van der Waals surface area contributed by atoms with Gasteiger partial charge in [-0.3, -0.25) is 4.79 Å². The van der Waals surface area contributed by atoms with Crippen LogP contribution < -0.4 is 4.90 Å². The Kier molecular flexibility index (Phi) is 4.66. The molecule has 0 bridgehead atoms. The highest BCUT2D eigenvalue weighted by atomic mass is 16.2. The maximum absolute atomic E-state index is 11.6. The van der Waals surface area contributed by atoms with E-state index in [1.54, 1.807) is 6.92 Å². The minimum Gasteiger partial charge on any atom is -0.354 e. The monoisotopic (exact) mass is 322 g/mol. The number of hydrogen-bond acceptors (Lipinski definition) is 4. The average Bonchev–Trinajstić information content (AvgIpc) is 2.86. The van der Waals surface area contributed by atoms with Crippen molar-refractivity contribution in [3.63, 3.8) is 0 Å². The van der Waals surface area contributed by atoms with Gasteiger partial charge in [0.25, 0.3) is 0 Å². The normalized spacial score (nSPS) is 15.2. The fourth-order valence-electron chi connectivity index (χ4n) is 3.20. The summed E-state index contributed by atoms with van der Waals surface area (Å²) in [5.74, 6) is 0.843. The number of rotatable bonds is 2. The quantitative estimate of drug-likeness (QED) is 0.853. The molecule has 24 heavy (non-hydrogen) atoms. The maximum atomic E-state index is 11.6. The summed E-state index contributed by atoms with van der Waals surface area (Å²) in [5, 5.41) is 10.6. The predicted molar refractivity (Wildman–Crippen MR) is 94.9 cm³/mol. The van der Waals surface area contributed by atoms with E-state index in [4.69, 9.17) is 4.98 Å². The van der Waals surface area contributed by atoms with Crippen LogP contribution in [0.1, 0.15) is 31.4 Å². The maximum Gasteiger partial charge on any atom is 0.219 e. The van der Waals surface area contributed by atoms with Crippen LogP contribution in [0.15, 0.2) is 24.3 Å². The van der Waals surface area contributed by atoms with Gasteiger partial charge in [-0.1, -0.05) is 13.0 Å². The number of hydrogen-bond donors (Lipinski definition) is 0. The summed E-state index contributed by atoms with van der Waals surface area (Å²) >= 11 is 0. The summed E-state index contributed by atoms with van der Waals surface area (Å²) < 4.78 is 0. The Balaban J connectivity index is 1.96. The van der Waals surface area contributed by atoms with Crippen LogP contribution in [-0.4, -0.2) is 42.0 Å². The first kappa shape index (κ1) is 16.3. The van der Waals surface area contributed by atoms with E-state index >= 15 is 0 Å². The van der Waals surface area contributed by atoms with Crippen molar-refractivity contribution in [3.8, 4) is 6.07 Å². The summed E-state index contributed by atoms with van der Waals surface area (Å²) in [7, 11) is 0. The molecule has 0 radical (unpaired) electrons. The van der Waals surface area contributed by atoms with E-state index in [1.807, 2.05) is 17.0 Å². The molecule has 0 saturated carbocycles. The number of fused-ring (bicyclic) bond motifs is 1.